The number of ether oxygens (including phenoxy) is 3. The number of anilines is 2. The molecule has 3 N–H and O–H groups in total. The highest BCUT2D eigenvalue weighted by Gasteiger charge is 2.41. The number of alkyl halides is 3. The molecule has 0 saturated carbocycles. The third kappa shape index (κ3) is 9.61. The Morgan fingerprint density at radius 1 is 0.597 bits per heavy atom. The fourth-order valence-electron chi connectivity index (χ4n) is 9.15. The molecule has 4 heterocycles. The number of piperidine rings is 2. The summed E-state index contributed by atoms with van der Waals surface area (Å²) in [4.78, 5) is 32.5. The fourth-order valence-corrected chi connectivity index (χ4v) is 9.15. The molecule has 2 saturated heterocycles. The van der Waals surface area contributed by atoms with Crippen molar-refractivity contribution in [3.8, 4) is 17.2 Å². The Morgan fingerprint density at radius 3 is 1.58 bits per heavy atom. The van der Waals surface area contributed by atoms with E-state index in [0.29, 0.717) is 19.6 Å². The minimum atomic E-state index is -4.72. The van der Waals surface area contributed by atoms with Gasteiger partial charge in [0.1, 0.15) is 17.2 Å². The molecule has 0 aromatic heterocycles. The van der Waals surface area contributed by atoms with Crippen LogP contribution in [0.2, 0.25) is 0 Å². The summed E-state index contributed by atoms with van der Waals surface area (Å²) >= 11 is 0. The molecule has 4 aliphatic rings. The molecule has 2 unspecified atom stereocenters. The second-order valence-corrected chi connectivity index (χ2v) is 15.9. The van der Waals surface area contributed by atoms with E-state index in [1.165, 1.54) is 12.1 Å². The molecule has 0 bridgehead atoms. The van der Waals surface area contributed by atoms with Crippen LogP contribution in [-0.4, -0.2) is 85.6 Å². The SMILES string of the molecule is COc1ccc2c(c1)C(c1ccccc1)N(C1CCN(Cc3cccc(OC(F)(F)F)c3)CC1)C(=O)N2.COc1ccc2c(c1)C(c1ccccc1)N(C1CCNCC1)C(=O)N2. The second-order valence-electron chi connectivity index (χ2n) is 15.9. The summed E-state index contributed by atoms with van der Waals surface area (Å²) in [5.74, 6) is 1.31. The summed E-state index contributed by atoms with van der Waals surface area (Å²) < 4.78 is 52.7. The Kier molecular flexibility index (Phi) is 12.9. The zero-order valence-electron chi connectivity index (χ0n) is 34.7. The van der Waals surface area contributed by atoms with Crippen LogP contribution in [0, 0.1) is 0 Å². The van der Waals surface area contributed by atoms with Crippen LogP contribution >= 0.6 is 0 Å². The number of benzene rings is 5. The number of fused-ring (bicyclic) bond motifs is 2. The highest BCUT2D eigenvalue weighted by Crippen LogP contribution is 2.43. The molecule has 2 fully saturated rings. The average molecular weight is 849 g/mol. The van der Waals surface area contributed by atoms with Gasteiger partial charge >= 0.3 is 18.4 Å². The third-order valence-electron chi connectivity index (χ3n) is 12.0. The number of amides is 4. The number of nitrogens with one attached hydrogen (secondary N) is 3. The van der Waals surface area contributed by atoms with E-state index in [4.69, 9.17) is 9.47 Å². The number of nitrogens with zero attached hydrogens (tertiary/aromatic N) is 3. The van der Waals surface area contributed by atoms with Crippen LogP contribution in [0.1, 0.15) is 65.6 Å². The van der Waals surface area contributed by atoms with Gasteiger partial charge in [0.2, 0.25) is 0 Å². The number of methoxy groups -OCH3 is 2. The number of halogens is 3. The lowest BCUT2D eigenvalue weighted by molar-refractivity contribution is -0.274. The molecule has 0 aliphatic carbocycles. The predicted molar refractivity (Wildman–Crippen MR) is 232 cm³/mol. The monoisotopic (exact) mass is 848 g/mol. The summed E-state index contributed by atoms with van der Waals surface area (Å²) in [5.41, 5.74) is 6.61. The van der Waals surface area contributed by atoms with Crippen molar-refractivity contribution in [2.45, 2.75) is 62.8 Å². The molecule has 0 radical (unpaired) electrons. The summed E-state index contributed by atoms with van der Waals surface area (Å²) in [7, 11) is 3.30. The standard InChI is InChI=1S/C28H28F3N3O3.C20H23N3O2/c1-36-22-10-11-25-24(17-22)26(20-7-3-2-4-8-20)34(27(35)32-25)21-12-14-33(15-13-21)18-19-6-5-9-23(16-19)37-28(29,30)31;1-25-16-7-8-18-17(13-16)19(14-5-3-2-4-6-14)23(20(24)22-18)15-9-11-21-12-10-15/h2-11,16-17,21,26H,12-15,18H2,1H3,(H,32,35);2-8,13,15,19,21H,9-12H2,1H3,(H,22,24). The van der Waals surface area contributed by atoms with Crippen molar-refractivity contribution >= 4 is 23.4 Å². The van der Waals surface area contributed by atoms with Crippen LogP contribution in [0.25, 0.3) is 0 Å². The first-order valence-corrected chi connectivity index (χ1v) is 21.0. The summed E-state index contributed by atoms with van der Waals surface area (Å²) in [5, 5.41) is 9.50. The van der Waals surface area contributed by atoms with Gasteiger partial charge in [0.05, 0.1) is 26.3 Å². The van der Waals surface area contributed by atoms with Crippen molar-refractivity contribution in [3.05, 3.63) is 149 Å². The van der Waals surface area contributed by atoms with Gasteiger partial charge in [0, 0.05) is 54.2 Å². The van der Waals surface area contributed by atoms with Gasteiger partial charge in [-0.25, -0.2) is 9.59 Å². The Labute approximate surface area is 359 Å². The van der Waals surface area contributed by atoms with Crippen LogP contribution in [0.4, 0.5) is 34.1 Å². The predicted octanol–water partition coefficient (Wildman–Crippen LogP) is 9.58. The molecular formula is C48H51F3N6O5. The van der Waals surface area contributed by atoms with Gasteiger partial charge in [-0.2, -0.15) is 0 Å². The highest BCUT2D eigenvalue weighted by molar-refractivity contribution is 5.95. The lowest BCUT2D eigenvalue weighted by Crippen LogP contribution is -2.52. The lowest BCUT2D eigenvalue weighted by Gasteiger charge is -2.45. The minimum absolute atomic E-state index is 0.000652. The van der Waals surface area contributed by atoms with E-state index in [9.17, 15) is 22.8 Å². The molecule has 5 aromatic rings. The topological polar surface area (TPSA) is 108 Å². The van der Waals surface area contributed by atoms with Gasteiger partial charge in [0.25, 0.3) is 0 Å². The molecule has 5 aromatic carbocycles. The number of rotatable bonds is 9. The van der Waals surface area contributed by atoms with Crippen molar-refractivity contribution in [2.24, 2.45) is 0 Å². The molecular weight excluding hydrogens is 798 g/mol. The van der Waals surface area contributed by atoms with Gasteiger partial charge in [-0.3, -0.25) is 4.90 Å². The minimum Gasteiger partial charge on any atom is -0.497 e. The summed E-state index contributed by atoms with van der Waals surface area (Å²) in [6, 6.07) is 37.6. The number of carbonyl (C=O) groups is 2. The van der Waals surface area contributed by atoms with Gasteiger partial charge in [-0.05, 0) is 104 Å². The van der Waals surface area contributed by atoms with Crippen LogP contribution in [0.15, 0.2) is 121 Å². The first-order valence-electron chi connectivity index (χ1n) is 21.0. The molecule has 14 heteroatoms. The Morgan fingerprint density at radius 2 is 1.10 bits per heavy atom. The molecule has 62 heavy (non-hydrogen) atoms. The fraction of sp³-hybridized carbons (Fsp3) is 0.333. The van der Waals surface area contributed by atoms with E-state index in [2.05, 4.69) is 37.7 Å². The highest BCUT2D eigenvalue weighted by atomic mass is 19.4. The Balaban J connectivity index is 0.000000184. The van der Waals surface area contributed by atoms with E-state index in [1.54, 1.807) is 26.4 Å². The molecule has 4 aliphatic heterocycles. The first-order chi connectivity index (χ1) is 30.1. The van der Waals surface area contributed by atoms with E-state index < -0.39 is 6.36 Å². The number of urea groups is 2. The van der Waals surface area contributed by atoms with Crippen molar-refractivity contribution in [1.29, 1.82) is 0 Å². The molecule has 2 atom stereocenters. The van der Waals surface area contributed by atoms with Crippen molar-refractivity contribution in [2.75, 3.05) is 51.0 Å². The molecule has 9 rings (SSSR count). The van der Waals surface area contributed by atoms with E-state index in [0.717, 1.165) is 89.5 Å². The van der Waals surface area contributed by atoms with E-state index in [1.807, 2.05) is 94.7 Å². The maximum absolute atomic E-state index is 13.4. The second kappa shape index (κ2) is 18.8. The third-order valence-corrected chi connectivity index (χ3v) is 12.0. The molecule has 324 valence electrons. The lowest BCUT2D eigenvalue weighted by atomic mass is 9.90. The van der Waals surface area contributed by atoms with Gasteiger partial charge in [0.15, 0.2) is 0 Å². The van der Waals surface area contributed by atoms with Crippen molar-refractivity contribution in [3.63, 3.8) is 0 Å². The van der Waals surface area contributed by atoms with Crippen LogP contribution in [0.5, 0.6) is 17.2 Å². The van der Waals surface area contributed by atoms with Gasteiger partial charge in [-0.15, -0.1) is 13.2 Å². The average Bonchev–Trinajstić information content (AvgIpc) is 3.29. The van der Waals surface area contributed by atoms with Crippen molar-refractivity contribution < 1.29 is 37.0 Å². The Bertz CT molecular complexity index is 2320. The van der Waals surface area contributed by atoms with Crippen LogP contribution in [-0.2, 0) is 6.54 Å². The molecule has 11 nitrogen and oxygen atoms in total. The zero-order valence-corrected chi connectivity index (χ0v) is 34.7. The number of likely N-dealkylation sites (tertiary alicyclic amines) is 1. The smallest absolute Gasteiger partial charge is 0.497 e. The molecule has 0 spiro atoms. The van der Waals surface area contributed by atoms with Crippen molar-refractivity contribution in [1.82, 2.24) is 20.0 Å². The number of hydrogen-bond donors (Lipinski definition) is 3. The maximum Gasteiger partial charge on any atom is 0.573 e. The van der Waals surface area contributed by atoms with Gasteiger partial charge < -0.3 is 40.0 Å². The van der Waals surface area contributed by atoms with E-state index in [-0.39, 0.29) is 42.0 Å². The maximum atomic E-state index is 13.4. The summed E-state index contributed by atoms with van der Waals surface area (Å²) in [6.07, 6.45) is -1.29. The van der Waals surface area contributed by atoms with Gasteiger partial charge in [-0.1, -0.05) is 72.8 Å². The summed E-state index contributed by atoms with van der Waals surface area (Å²) in [6.45, 7) is 3.83. The Hall–Kier alpha value is -6.25. The normalized spacial score (nSPS) is 19.6. The van der Waals surface area contributed by atoms with Crippen LogP contribution in [0.3, 0.4) is 0 Å². The van der Waals surface area contributed by atoms with E-state index >= 15 is 0 Å². The largest absolute Gasteiger partial charge is 0.573 e. The first kappa shape index (κ1) is 42.4. The van der Waals surface area contributed by atoms with Crippen LogP contribution < -0.4 is 30.2 Å². The number of carbonyl (C=O) groups excluding carboxylic acids is 2. The number of hydrogen-bond acceptors (Lipinski definition) is 7. The zero-order chi connectivity index (χ0) is 43.2. The molecule has 4 amide bonds. The quantitative estimate of drug-likeness (QED) is 0.136.